The molecule has 0 aromatic heterocycles. The zero-order valence-corrected chi connectivity index (χ0v) is 42.9. The van der Waals surface area contributed by atoms with Gasteiger partial charge in [0.2, 0.25) is 0 Å². The van der Waals surface area contributed by atoms with Gasteiger partial charge in [0.15, 0.2) is 0 Å². The second-order valence-electron chi connectivity index (χ2n) is 19.8. The van der Waals surface area contributed by atoms with Crippen molar-refractivity contribution in [2.24, 2.45) is 0 Å². The third kappa shape index (κ3) is 7.56. The summed E-state index contributed by atoms with van der Waals surface area (Å²) >= 11 is -3.90. The van der Waals surface area contributed by atoms with Crippen LogP contribution in [0, 0.1) is 0 Å². The molecule has 11 rings (SSSR count). The van der Waals surface area contributed by atoms with Crippen LogP contribution in [0.1, 0.15) is 0 Å². The van der Waals surface area contributed by atoms with Crippen LogP contribution < -0.4 is 18.6 Å². The van der Waals surface area contributed by atoms with Crippen molar-refractivity contribution in [3.8, 4) is 22.3 Å². The molecule has 0 amide bonds. The molecule has 2 nitrogen and oxygen atoms in total. The van der Waals surface area contributed by atoms with Crippen molar-refractivity contribution >= 4 is 113 Å². The monoisotopic (exact) mass is 974 g/mol. The normalized spacial score (nSPS) is 12.1. The van der Waals surface area contributed by atoms with Crippen molar-refractivity contribution in [1.29, 1.82) is 0 Å². The molecule has 0 aliphatic heterocycles. The average molecular weight is 972 g/mol. The molecule has 320 valence electrons. The number of nitrogens with zero attached hydrogens (tertiary/aromatic N) is 2. The Kier molecular flexibility index (Phi) is 10.6. The third-order valence-corrected chi connectivity index (χ3v) is 22.2. The zero-order valence-electron chi connectivity index (χ0n) is 38.7. The van der Waals surface area contributed by atoms with Crippen LogP contribution in [0.25, 0.3) is 65.3 Å². The summed E-state index contributed by atoms with van der Waals surface area (Å²) in [7, 11) is 0. The first kappa shape index (κ1) is 42.1. The van der Waals surface area contributed by atoms with Crippen molar-refractivity contribution in [3.05, 3.63) is 218 Å². The zero-order chi connectivity index (χ0) is 45.2. The molecule has 4 heteroatoms. The summed E-state index contributed by atoms with van der Waals surface area (Å²) in [5, 5.41) is 10.4. The van der Waals surface area contributed by atoms with Crippen LogP contribution in [0.5, 0.6) is 0 Å². The summed E-state index contributed by atoms with van der Waals surface area (Å²) < 4.78 is 3.03. The molecule has 0 aliphatic carbocycles. The summed E-state index contributed by atoms with van der Waals surface area (Å²) in [6.45, 7) is 0. The van der Waals surface area contributed by atoms with Gasteiger partial charge in [-0.1, -0.05) is 24.3 Å². The molecule has 11 aromatic rings. The van der Waals surface area contributed by atoms with E-state index in [2.05, 4.69) is 263 Å². The summed E-state index contributed by atoms with van der Waals surface area (Å²) in [4.78, 5) is 4.74. The Hall–Kier alpha value is -6.59. The van der Waals surface area contributed by atoms with E-state index in [0.29, 0.717) is 0 Å². The Morgan fingerprint density at radius 1 is 0.242 bits per heavy atom. The number of benzene rings is 11. The predicted molar refractivity (Wildman–Crippen MR) is 294 cm³/mol. The number of hydrogen-bond donors (Lipinski definition) is 0. The Balaban J connectivity index is 0.968. The van der Waals surface area contributed by atoms with E-state index in [4.69, 9.17) is 0 Å². The van der Waals surface area contributed by atoms with Crippen LogP contribution in [-0.4, -0.2) is 26.5 Å². The molecule has 0 atom stereocenters. The first-order chi connectivity index (χ1) is 32.0. The van der Waals surface area contributed by atoms with Gasteiger partial charge in [0.25, 0.3) is 0 Å². The van der Waals surface area contributed by atoms with Gasteiger partial charge >= 0.3 is 352 Å². The number of para-hydroxylation sites is 2. The van der Waals surface area contributed by atoms with Gasteiger partial charge in [-0.05, 0) is 21.5 Å². The molecule has 11 aromatic carbocycles. The molecule has 0 unspecified atom stereocenters. The van der Waals surface area contributed by atoms with Crippen LogP contribution in [0.3, 0.4) is 0 Å². The van der Waals surface area contributed by atoms with E-state index in [1.807, 2.05) is 0 Å². The molecule has 0 saturated carbocycles. The third-order valence-electron chi connectivity index (χ3n) is 13.5. The van der Waals surface area contributed by atoms with Crippen molar-refractivity contribution in [2.45, 2.75) is 34.5 Å². The molecule has 0 bridgehead atoms. The van der Waals surface area contributed by atoms with Crippen molar-refractivity contribution < 1.29 is 0 Å². The topological polar surface area (TPSA) is 6.48 Å². The first-order valence-corrected chi connectivity index (χ1v) is 37.9. The van der Waals surface area contributed by atoms with E-state index < -0.39 is 26.5 Å². The summed E-state index contributed by atoms with van der Waals surface area (Å²) in [6.07, 6.45) is 0. The van der Waals surface area contributed by atoms with Gasteiger partial charge in [-0.2, -0.15) is 0 Å². The maximum absolute atomic E-state index is 2.45. The molecule has 0 fully saturated rings. The number of hydrogen-bond acceptors (Lipinski definition) is 2. The fourth-order valence-corrected chi connectivity index (χ4v) is 15.0. The average Bonchev–Trinajstić information content (AvgIpc) is 3.34. The Morgan fingerprint density at radius 2 is 0.530 bits per heavy atom. The summed E-state index contributed by atoms with van der Waals surface area (Å²) in [5.74, 6) is 14.7. The van der Waals surface area contributed by atoms with Gasteiger partial charge in [-0.25, -0.2) is 0 Å². The van der Waals surface area contributed by atoms with E-state index in [0.717, 1.165) is 22.7 Å². The molecule has 0 spiro atoms. The second-order valence-corrected chi connectivity index (χ2v) is 41.1. The van der Waals surface area contributed by atoms with Gasteiger partial charge in [0.1, 0.15) is 0 Å². The number of fused-ring (bicyclic) bond motifs is 2. The SMILES string of the molecule is [CH3][Ge]([CH3])([CH3])[c]1ccc(N(c2ccccc2)c2ccc(-c3ccc4c5cccc6c(-c7ccc(N(c8ccccc8)c8cc[c]([Ge]([CH3])([CH3])[CH3])cc8)cc7)ccc(c7cccc3c74)c65)cc2)cc1. The maximum atomic E-state index is 2.45. The standard InChI is InChI=1S/C62H54Ge2N2/c1-63(2,3)45-27-35-51(36-28-45)65(47-15-9-7-10-16-47)49-31-23-43(24-32-49)53-39-41-59-58-22-14-20-56-54(40-42-60(62(56)58)57-21-13-19-55(53)61(57)59)44-25-33-50(34-26-44)66(48-17-11-8-12-18-48)52-37-29-46(30-38-52)64(4,5)6/h7-42H,1-6H3. The molecule has 0 saturated heterocycles. The van der Waals surface area contributed by atoms with Crippen molar-refractivity contribution in [2.75, 3.05) is 9.80 Å². The van der Waals surface area contributed by atoms with E-state index in [9.17, 15) is 0 Å². The van der Waals surface area contributed by atoms with Gasteiger partial charge < -0.3 is 0 Å². The van der Waals surface area contributed by atoms with Gasteiger partial charge in [-0.3, -0.25) is 0 Å². The van der Waals surface area contributed by atoms with Crippen LogP contribution >= 0.6 is 0 Å². The molecule has 66 heavy (non-hydrogen) atoms. The van der Waals surface area contributed by atoms with Crippen LogP contribution in [-0.2, 0) is 0 Å². The Morgan fingerprint density at radius 3 is 0.864 bits per heavy atom. The molecule has 0 heterocycles. The minimum atomic E-state index is -1.95. The number of anilines is 6. The molecule has 0 aliphatic rings. The fourth-order valence-electron chi connectivity index (χ4n) is 10.1. The van der Waals surface area contributed by atoms with Gasteiger partial charge in [0.05, 0.1) is 0 Å². The van der Waals surface area contributed by atoms with E-state index in [-0.39, 0.29) is 0 Å². The van der Waals surface area contributed by atoms with Crippen LogP contribution in [0.2, 0.25) is 34.5 Å². The second kappa shape index (κ2) is 16.7. The first-order valence-electron chi connectivity index (χ1n) is 23.3. The fraction of sp³-hybridized carbons (Fsp3) is 0.0968. The Labute approximate surface area is 394 Å². The van der Waals surface area contributed by atoms with Gasteiger partial charge in [-0.15, -0.1) is 0 Å². The van der Waals surface area contributed by atoms with Crippen LogP contribution in [0.4, 0.5) is 34.1 Å². The molecule has 0 radical (unpaired) electrons. The quantitative estimate of drug-likeness (QED) is 0.0765. The molecular formula is C62H54Ge2N2. The summed E-state index contributed by atoms with van der Waals surface area (Å²) in [6, 6.07) is 81.5. The summed E-state index contributed by atoms with van der Waals surface area (Å²) in [5.41, 5.74) is 11.9. The van der Waals surface area contributed by atoms with Gasteiger partial charge in [0, 0.05) is 0 Å². The van der Waals surface area contributed by atoms with Crippen LogP contribution in [0.15, 0.2) is 218 Å². The van der Waals surface area contributed by atoms with E-state index in [1.54, 1.807) is 0 Å². The van der Waals surface area contributed by atoms with Crippen molar-refractivity contribution in [1.82, 2.24) is 0 Å². The Bertz CT molecular complexity index is 3240. The van der Waals surface area contributed by atoms with E-state index >= 15 is 0 Å². The molecule has 0 N–H and O–H groups in total. The number of rotatable bonds is 10. The molecular weight excluding hydrogens is 918 g/mol. The van der Waals surface area contributed by atoms with Crippen molar-refractivity contribution in [3.63, 3.8) is 0 Å². The minimum absolute atomic E-state index is 1.14. The van der Waals surface area contributed by atoms with E-state index in [1.165, 1.54) is 85.5 Å². The predicted octanol–water partition coefficient (Wildman–Crippen LogP) is 17.1.